The number of para-hydroxylation sites is 4. The maximum atomic E-state index is 6.45. The molecule has 58 heavy (non-hydrogen) atoms. The lowest BCUT2D eigenvalue weighted by molar-refractivity contribution is 0.668. The van der Waals surface area contributed by atoms with Crippen LogP contribution in [-0.4, -0.2) is 9.13 Å². The summed E-state index contributed by atoms with van der Waals surface area (Å²) in [7, 11) is 0. The van der Waals surface area contributed by atoms with Crippen LogP contribution >= 0.6 is 0 Å². The Bertz CT molecular complexity index is 3460. The zero-order valence-corrected chi connectivity index (χ0v) is 31.2. The van der Waals surface area contributed by atoms with Crippen molar-refractivity contribution in [1.29, 1.82) is 0 Å². The molecule has 0 saturated heterocycles. The first-order valence-corrected chi connectivity index (χ1v) is 19.7. The third-order valence-corrected chi connectivity index (χ3v) is 12.1. The molecule has 0 radical (unpaired) electrons. The highest BCUT2D eigenvalue weighted by molar-refractivity contribution is 6.13. The standard InChI is InChI=1S/C54H32N2O2/c1-2-12-38(34-22-26-52-44(30-34)46-32-36(24-28-54(46)58-52)56-49-19-9-5-15-41(49)42-16-6-10-20-50(42)56)37(11-1)33-21-25-51-43(29-33)45-31-35(23-27-53(45)57-51)55-47-17-7-3-13-39(47)40-14-4-8-18-48(40)55/h1-32H. The van der Waals surface area contributed by atoms with Gasteiger partial charge in [-0.15, -0.1) is 0 Å². The first-order chi connectivity index (χ1) is 28.7. The van der Waals surface area contributed by atoms with Gasteiger partial charge in [-0.1, -0.05) is 109 Å². The van der Waals surface area contributed by atoms with Crippen LogP contribution in [0.15, 0.2) is 203 Å². The molecule has 0 fully saturated rings. The molecular formula is C54H32N2O2. The minimum absolute atomic E-state index is 0.876. The Morgan fingerprint density at radius 2 is 0.569 bits per heavy atom. The molecule has 4 heterocycles. The molecule has 4 heteroatoms. The number of hydrogen-bond donors (Lipinski definition) is 0. The van der Waals surface area contributed by atoms with E-state index in [0.717, 1.165) is 77.5 Å². The highest BCUT2D eigenvalue weighted by Gasteiger charge is 2.18. The van der Waals surface area contributed by atoms with Gasteiger partial charge in [-0.3, -0.25) is 0 Å². The van der Waals surface area contributed by atoms with Gasteiger partial charge in [0, 0.05) is 54.5 Å². The third kappa shape index (κ3) is 4.45. The number of hydrogen-bond acceptors (Lipinski definition) is 2. The molecule has 0 bridgehead atoms. The van der Waals surface area contributed by atoms with Crippen LogP contribution in [0.5, 0.6) is 0 Å². The van der Waals surface area contributed by atoms with Crippen molar-refractivity contribution in [3.8, 4) is 33.6 Å². The Balaban J connectivity index is 0.948. The minimum Gasteiger partial charge on any atom is -0.456 e. The van der Waals surface area contributed by atoms with Crippen LogP contribution in [0.2, 0.25) is 0 Å². The van der Waals surface area contributed by atoms with Gasteiger partial charge in [0.2, 0.25) is 0 Å². The number of aromatic nitrogens is 2. The lowest BCUT2D eigenvalue weighted by atomic mass is 9.93. The first-order valence-electron chi connectivity index (χ1n) is 19.7. The number of furan rings is 2. The summed E-state index contributed by atoms with van der Waals surface area (Å²) in [5, 5.41) is 9.38. The SMILES string of the molecule is c1ccc(-c2ccc3oc4ccc(-n5c6ccccc6c6ccccc65)cc4c3c2)c(-c2ccc3oc4ccc(-n5c6ccccc6c6ccccc65)cc4c3c2)c1. The van der Waals surface area contributed by atoms with Gasteiger partial charge in [0.15, 0.2) is 0 Å². The molecule has 0 spiro atoms. The van der Waals surface area contributed by atoms with E-state index >= 15 is 0 Å². The fraction of sp³-hybridized carbons (Fsp3) is 0. The van der Waals surface area contributed by atoms with Gasteiger partial charge in [-0.05, 0) is 107 Å². The number of fused-ring (bicyclic) bond motifs is 12. The maximum absolute atomic E-state index is 6.45. The second kappa shape index (κ2) is 11.8. The number of benzene rings is 9. The summed E-state index contributed by atoms with van der Waals surface area (Å²) in [6.45, 7) is 0. The first kappa shape index (κ1) is 31.4. The average molecular weight is 741 g/mol. The Morgan fingerprint density at radius 3 is 0.948 bits per heavy atom. The molecule has 0 aliphatic rings. The summed E-state index contributed by atoms with van der Waals surface area (Å²) < 4.78 is 17.6. The fourth-order valence-corrected chi connectivity index (χ4v) is 9.53. The molecule has 0 aliphatic carbocycles. The van der Waals surface area contributed by atoms with Gasteiger partial charge >= 0.3 is 0 Å². The van der Waals surface area contributed by atoms with Crippen LogP contribution < -0.4 is 0 Å². The van der Waals surface area contributed by atoms with E-state index in [2.05, 4.69) is 203 Å². The van der Waals surface area contributed by atoms with Crippen LogP contribution in [0, 0.1) is 0 Å². The van der Waals surface area contributed by atoms with E-state index in [1.165, 1.54) is 43.6 Å². The van der Waals surface area contributed by atoms with E-state index < -0.39 is 0 Å². The quantitative estimate of drug-likeness (QED) is 0.180. The van der Waals surface area contributed by atoms with Gasteiger partial charge in [0.25, 0.3) is 0 Å². The van der Waals surface area contributed by atoms with E-state index in [4.69, 9.17) is 8.83 Å². The van der Waals surface area contributed by atoms with E-state index in [1.54, 1.807) is 0 Å². The fourth-order valence-electron chi connectivity index (χ4n) is 9.53. The van der Waals surface area contributed by atoms with E-state index in [9.17, 15) is 0 Å². The topological polar surface area (TPSA) is 36.1 Å². The molecular weight excluding hydrogens is 709 g/mol. The molecule has 13 rings (SSSR count). The monoisotopic (exact) mass is 740 g/mol. The summed E-state index contributed by atoms with van der Waals surface area (Å²) in [6, 6.07) is 69.6. The van der Waals surface area contributed by atoms with Crippen molar-refractivity contribution in [2.45, 2.75) is 0 Å². The number of rotatable bonds is 4. The smallest absolute Gasteiger partial charge is 0.135 e. The number of nitrogens with zero attached hydrogens (tertiary/aromatic N) is 2. The van der Waals surface area contributed by atoms with Crippen molar-refractivity contribution in [2.24, 2.45) is 0 Å². The molecule has 13 aromatic rings. The summed E-state index contributed by atoms with van der Waals surface area (Å²) in [6.07, 6.45) is 0. The lowest BCUT2D eigenvalue weighted by Gasteiger charge is -2.11. The zero-order valence-electron chi connectivity index (χ0n) is 31.2. The van der Waals surface area contributed by atoms with Gasteiger partial charge in [-0.2, -0.15) is 0 Å². The van der Waals surface area contributed by atoms with Gasteiger partial charge < -0.3 is 18.0 Å². The summed E-state index contributed by atoms with van der Waals surface area (Å²) in [5.41, 5.74) is 15.1. The molecule has 0 aliphatic heterocycles. The summed E-state index contributed by atoms with van der Waals surface area (Å²) >= 11 is 0. The van der Waals surface area contributed by atoms with E-state index in [0.29, 0.717) is 0 Å². The predicted molar refractivity (Wildman–Crippen MR) is 241 cm³/mol. The molecule has 270 valence electrons. The molecule has 4 nitrogen and oxygen atoms in total. The van der Waals surface area contributed by atoms with Gasteiger partial charge in [0.05, 0.1) is 22.1 Å². The summed E-state index contributed by atoms with van der Waals surface area (Å²) in [4.78, 5) is 0. The lowest BCUT2D eigenvalue weighted by Crippen LogP contribution is -1.93. The van der Waals surface area contributed by atoms with Crippen molar-refractivity contribution in [1.82, 2.24) is 9.13 Å². The van der Waals surface area contributed by atoms with Crippen molar-refractivity contribution < 1.29 is 8.83 Å². The Kier molecular flexibility index (Phi) is 6.41. The highest BCUT2D eigenvalue weighted by Crippen LogP contribution is 2.41. The van der Waals surface area contributed by atoms with Gasteiger partial charge in [-0.25, -0.2) is 0 Å². The molecule has 0 saturated carbocycles. The molecule has 9 aromatic carbocycles. The van der Waals surface area contributed by atoms with Crippen LogP contribution in [0.4, 0.5) is 0 Å². The molecule has 0 unspecified atom stereocenters. The second-order valence-corrected chi connectivity index (χ2v) is 15.3. The molecule has 0 amide bonds. The zero-order chi connectivity index (χ0) is 37.9. The molecule has 0 atom stereocenters. The molecule has 4 aromatic heterocycles. The third-order valence-electron chi connectivity index (χ3n) is 12.1. The summed E-state index contributed by atoms with van der Waals surface area (Å²) in [5.74, 6) is 0. The Hall–Kier alpha value is -7.82. The van der Waals surface area contributed by atoms with Crippen molar-refractivity contribution >= 4 is 87.5 Å². The normalized spacial score (nSPS) is 12.1. The Morgan fingerprint density at radius 1 is 0.259 bits per heavy atom. The Labute approximate surface area is 332 Å². The minimum atomic E-state index is 0.876. The second-order valence-electron chi connectivity index (χ2n) is 15.3. The van der Waals surface area contributed by atoms with Crippen LogP contribution in [0.25, 0.3) is 121 Å². The van der Waals surface area contributed by atoms with E-state index in [1.807, 2.05) is 0 Å². The van der Waals surface area contributed by atoms with Gasteiger partial charge in [0.1, 0.15) is 22.3 Å². The van der Waals surface area contributed by atoms with Crippen LogP contribution in [-0.2, 0) is 0 Å². The van der Waals surface area contributed by atoms with Crippen LogP contribution in [0.3, 0.4) is 0 Å². The van der Waals surface area contributed by atoms with Crippen molar-refractivity contribution in [3.63, 3.8) is 0 Å². The van der Waals surface area contributed by atoms with Crippen molar-refractivity contribution in [3.05, 3.63) is 194 Å². The molecule has 0 N–H and O–H groups in total. The predicted octanol–water partition coefficient (Wildman–Crippen LogP) is 15.0. The van der Waals surface area contributed by atoms with Crippen LogP contribution in [0.1, 0.15) is 0 Å². The highest BCUT2D eigenvalue weighted by atomic mass is 16.3. The maximum Gasteiger partial charge on any atom is 0.135 e. The average Bonchev–Trinajstić information content (AvgIpc) is 4.03. The van der Waals surface area contributed by atoms with Crippen molar-refractivity contribution in [2.75, 3.05) is 0 Å². The largest absolute Gasteiger partial charge is 0.456 e. The van der Waals surface area contributed by atoms with E-state index in [-0.39, 0.29) is 0 Å².